The Kier molecular flexibility index (Phi) is 7.20. The highest BCUT2D eigenvalue weighted by molar-refractivity contribution is 6.52. The largest absolute Gasteiger partial charge is 0.393 e. The van der Waals surface area contributed by atoms with E-state index in [-0.39, 0.29) is 29.7 Å². The third kappa shape index (κ3) is 4.54. The van der Waals surface area contributed by atoms with Crippen molar-refractivity contribution < 1.29 is 28.0 Å². The molecule has 39 heavy (non-hydrogen) atoms. The predicted molar refractivity (Wildman–Crippen MR) is 163 cm³/mol. The van der Waals surface area contributed by atoms with Crippen molar-refractivity contribution in [1.29, 1.82) is 0 Å². The summed E-state index contributed by atoms with van der Waals surface area (Å²) in [6.07, 6.45) is 0.332. The first kappa shape index (κ1) is 29.1. The van der Waals surface area contributed by atoms with Crippen molar-refractivity contribution in [2.75, 3.05) is 0 Å². The zero-order valence-corrected chi connectivity index (χ0v) is 23.8. The first-order valence-corrected chi connectivity index (χ1v) is 13.1. The van der Waals surface area contributed by atoms with E-state index in [1.54, 1.807) is 29.6 Å². The number of alkyl halides is 2. The van der Waals surface area contributed by atoms with Gasteiger partial charge in [0.15, 0.2) is 0 Å². The maximum absolute atomic E-state index is 15.3. The number of amides is 4. The van der Waals surface area contributed by atoms with Crippen molar-refractivity contribution in [3.8, 4) is 0 Å². The number of carbonyl (C=O) groups is 4. The highest BCUT2D eigenvalue weighted by atomic mass is 35.5. The zero-order valence-electron chi connectivity index (χ0n) is 23.0. The fourth-order valence-electron chi connectivity index (χ4n) is 6.26. The second-order valence-corrected chi connectivity index (χ2v) is 11.8. The maximum atomic E-state index is 15.3. The monoisotopic (exact) mass is 545 g/mol. The van der Waals surface area contributed by atoms with Crippen LogP contribution in [0.15, 0.2) is 30.3 Å². The maximum Gasteiger partial charge on any atom is 0.348 e. The van der Waals surface area contributed by atoms with Gasteiger partial charge in [0, 0.05) is 27.9 Å². The smallest absolute Gasteiger partial charge is 0.348 e. The summed E-state index contributed by atoms with van der Waals surface area (Å²) in [4.78, 5) is 53.8. The van der Waals surface area contributed by atoms with Crippen LogP contribution in [0.4, 0.5) is 8.78 Å². The number of halogens is 3. The number of piperidine rings is 1. The number of benzene rings is 2. The van der Waals surface area contributed by atoms with Crippen LogP contribution < -0.4 is 16.2 Å². The number of nitrogens with one attached hydrogen (secondary N) is 1. The SMILES string of the molecule is Bc1cc2c(c(B)c1C(B)(B)N(B)C(=O)C(F)(F)c1ccc(Cl)cc1)C(B)(B)N(C1CCC(=O)NC1=O)C2=O. The molecule has 7 nitrogen and oxygen atoms in total. The van der Waals surface area contributed by atoms with Gasteiger partial charge in [0.1, 0.15) is 53.1 Å². The van der Waals surface area contributed by atoms with Crippen LogP contribution in [0.1, 0.15) is 39.9 Å². The molecule has 0 spiro atoms. The molecule has 4 amide bonds. The zero-order chi connectivity index (χ0) is 29.2. The fourth-order valence-corrected chi connectivity index (χ4v) is 6.39. The Labute approximate surface area is 237 Å². The molecule has 0 bridgehead atoms. The summed E-state index contributed by atoms with van der Waals surface area (Å²) in [5.74, 6) is -6.41. The van der Waals surface area contributed by atoms with Gasteiger partial charge in [-0.1, -0.05) is 46.3 Å². The highest BCUT2D eigenvalue weighted by Crippen LogP contribution is 2.39. The molecule has 1 atom stereocenters. The van der Waals surface area contributed by atoms with Crippen LogP contribution >= 0.6 is 11.6 Å². The van der Waals surface area contributed by atoms with Gasteiger partial charge in [0.05, 0.1) is 0 Å². The molecule has 2 aliphatic rings. The Balaban J connectivity index is 1.77. The van der Waals surface area contributed by atoms with Gasteiger partial charge in [-0.2, -0.15) is 8.78 Å². The quantitative estimate of drug-likeness (QED) is 0.300. The van der Waals surface area contributed by atoms with Crippen molar-refractivity contribution in [2.24, 2.45) is 0 Å². The standard InChI is InChI=1S/C22H25B7ClF2N3O4/c23-11-7-10-14(21(25,26)34(18(10)38)12-5-6-13(36)33-17(12)37)16(24)15(11)22(27,28)35(29)19(39)20(31,32)8-1-3-9(30)4-2-8/h1-4,7,12H,5-6,23-29H2,(H,33,36,37). The van der Waals surface area contributed by atoms with E-state index in [2.05, 4.69) is 5.32 Å². The number of hydrogen-bond donors (Lipinski definition) is 1. The van der Waals surface area contributed by atoms with Crippen molar-refractivity contribution in [2.45, 2.75) is 35.5 Å². The van der Waals surface area contributed by atoms with Crippen molar-refractivity contribution >= 4 is 101 Å². The van der Waals surface area contributed by atoms with Crippen molar-refractivity contribution in [3.63, 3.8) is 0 Å². The normalized spacial score (nSPS) is 19.0. The van der Waals surface area contributed by atoms with Crippen LogP contribution in [0.25, 0.3) is 0 Å². The molecule has 2 aromatic carbocycles. The Morgan fingerprint density at radius 2 is 1.72 bits per heavy atom. The molecule has 0 radical (unpaired) electrons. The van der Waals surface area contributed by atoms with Crippen LogP contribution in [0, 0.1) is 0 Å². The van der Waals surface area contributed by atoms with E-state index in [0.717, 1.165) is 16.9 Å². The molecule has 0 aromatic heterocycles. The van der Waals surface area contributed by atoms with E-state index >= 15 is 8.78 Å². The molecule has 2 heterocycles. The number of carbonyl (C=O) groups excluding carboxylic acids is 4. The third-order valence-corrected chi connectivity index (χ3v) is 8.44. The third-order valence-electron chi connectivity index (χ3n) is 8.19. The van der Waals surface area contributed by atoms with Gasteiger partial charge >= 0.3 is 5.92 Å². The Hall–Kier alpha value is -2.88. The van der Waals surface area contributed by atoms with Gasteiger partial charge < -0.3 is 9.71 Å². The van der Waals surface area contributed by atoms with E-state index in [4.69, 9.17) is 11.6 Å². The van der Waals surface area contributed by atoms with Gasteiger partial charge in [0.2, 0.25) is 19.8 Å². The molecule has 194 valence electrons. The number of rotatable bonds is 5. The number of hydrogen-bond acceptors (Lipinski definition) is 4. The molecule has 4 rings (SSSR count). The fraction of sp³-hybridized carbons (Fsp3) is 0.273. The van der Waals surface area contributed by atoms with Gasteiger partial charge in [-0.15, -0.1) is 0 Å². The molecular formula is C22H25B7ClF2N3O4. The molecule has 2 aromatic rings. The number of imide groups is 1. The van der Waals surface area contributed by atoms with Crippen LogP contribution in [0.5, 0.6) is 0 Å². The average molecular weight is 545 g/mol. The summed E-state index contributed by atoms with van der Waals surface area (Å²) < 4.78 is 30.7. The summed E-state index contributed by atoms with van der Waals surface area (Å²) in [5, 5.41) is 0.463. The molecule has 1 unspecified atom stereocenters. The summed E-state index contributed by atoms with van der Waals surface area (Å²) in [5.41, 5.74) is 2.58. The first-order valence-electron chi connectivity index (χ1n) is 12.7. The second-order valence-electron chi connectivity index (χ2n) is 11.3. The van der Waals surface area contributed by atoms with Gasteiger partial charge in [-0.05, 0) is 29.5 Å². The lowest BCUT2D eigenvalue weighted by atomic mass is 9.48. The Morgan fingerprint density at radius 3 is 2.28 bits per heavy atom. The molecule has 0 aliphatic carbocycles. The lowest BCUT2D eigenvalue weighted by molar-refractivity contribution is -0.155. The Bertz CT molecular complexity index is 1430. The van der Waals surface area contributed by atoms with E-state index in [0.29, 0.717) is 27.6 Å². The van der Waals surface area contributed by atoms with E-state index in [9.17, 15) is 19.2 Å². The minimum Gasteiger partial charge on any atom is -0.393 e. The predicted octanol–water partition coefficient (Wildman–Crippen LogP) is -5.96. The lowest BCUT2D eigenvalue weighted by Gasteiger charge is -2.43. The van der Waals surface area contributed by atoms with Crippen LogP contribution in [0.2, 0.25) is 5.02 Å². The van der Waals surface area contributed by atoms with Gasteiger partial charge in [-0.3, -0.25) is 24.5 Å². The number of nitrogens with zero attached hydrogens (tertiary/aromatic N) is 2. The first-order chi connectivity index (χ1) is 17.9. The van der Waals surface area contributed by atoms with Gasteiger partial charge in [0.25, 0.3) is 11.8 Å². The summed E-state index contributed by atoms with van der Waals surface area (Å²) in [6.45, 7) is 0. The highest BCUT2D eigenvalue weighted by Gasteiger charge is 2.51. The molecule has 1 N–H and O–H groups in total. The van der Waals surface area contributed by atoms with E-state index < -0.39 is 40.0 Å². The molecule has 1 fully saturated rings. The lowest BCUT2D eigenvalue weighted by Crippen LogP contribution is -2.60. The van der Waals surface area contributed by atoms with Crippen molar-refractivity contribution in [1.82, 2.24) is 15.0 Å². The topological polar surface area (TPSA) is 86.8 Å². The summed E-state index contributed by atoms with van der Waals surface area (Å²) in [6, 6.07) is 5.76. The average Bonchev–Trinajstić information content (AvgIpc) is 3.03. The summed E-state index contributed by atoms with van der Waals surface area (Å²) >= 11 is 5.84. The van der Waals surface area contributed by atoms with Crippen LogP contribution in [0.3, 0.4) is 0 Å². The minimum atomic E-state index is -3.80. The number of fused-ring (bicyclic) bond motifs is 1. The van der Waals surface area contributed by atoms with Crippen molar-refractivity contribution in [3.05, 3.63) is 57.6 Å². The summed E-state index contributed by atoms with van der Waals surface area (Å²) in [7, 11) is 11.9. The van der Waals surface area contributed by atoms with Crippen LogP contribution in [-0.2, 0) is 31.0 Å². The van der Waals surface area contributed by atoms with E-state index in [1.165, 1.54) is 25.0 Å². The molecule has 2 aliphatic heterocycles. The van der Waals surface area contributed by atoms with Crippen LogP contribution in [-0.4, -0.2) is 94.4 Å². The molecule has 17 heteroatoms. The van der Waals surface area contributed by atoms with Gasteiger partial charge in [-0.25, -0.2) is 0 Å². The van der Waals surface area contributed by atoms with E-state index in [1.807, 2.05) is 23.5 Å². The molecular weight excluding hydrogens is 519 g/mol. The minimum absolute atomic E-state index is 0.123. The Morgan fingerprint density at radius 1 is 1.13 bits per heavy atom. The second kappa shape index (κ2) is 9.64. The molecule has 0 saturated carbocycles. The molecule has 1 saturated heterocycles.